The van der Waals surface area contributed by atoms with Crippen LogP contribution in [0.25, 0.3) is 0 Å². The highest BCUT2D eigenvalue weighted by Crippen LogP contribution is 2.44. The molecule has 1 aromatic carbocycles. The maximum atomic E-state index is 12.8. The van der Waals surface area contributed by atoms with Crippen molar-refractivity contribution in [2.75, 3.05) is 52.6 Å². The van der Waals surface area contributed by atoms with E-state index in [1.54, 1.807) is 0 Å². The van der Waals surface area contributed by atoms with E-state index in [9.17, 15) is 18.0 Å². The molecule has 0 unspecified atom stereocenters. The number of carbonyl (C=O) groups is 2. The fourth-order valence-corrected chi connectivity index (χ4v) is 4.61. The van der Waals surface area contributed by atoms with E-state index in [-0.39, 0.29) is 11.3 Å². The van der Waals surface area contributed by atoms with Crippen LogP contribution in [-0.4, -0.2) is 85.6 Å². The molecule has 0 spiro atoms. The van der Waals surface area contributed by atoms with Gasteiger partial charge in [0.2, 0.25) is 5.91 Å². The van der Waals surface area contributed by atoms with Crippen molar-refractivity contribution in [2.24, 2.45) is 11.3 Å². The standard InChI is InChI=1S/C20H28N2O3.C2HF3O2/c1-16-3-2-4-17(9-16)11-21-12-18-13-25-15-20(18,14-21)10-19(23)22-5-7-24-8-6-22;3-2(4,5)1(6)7/h2-4,9,18H,5-8,10-15H2,1H3;(H,6,7)/t18-,20+;/m1./s1. The molecule has 0 bridgehead atoms. The fourth-order valence-electron chi connectivity index (χ4n) is 4.61. The predicted molar refractivity (Wildman–Crippen MR) is 109 cm³/mol. The van der Waals surface area contributed by atoms with Gasteiger partial charge in [-0.2, -0.15) is 13.2 Å². The van der Waals surface area contributed by atoms with Crippen LogP contribution in [0.3, 0.4) is 0 Å². The Morgan fingerprint density at radius 2 is 1.91 bits per heavy atom. The smallest absolute Gasteiger partial charge is 0.475 e. The number of carboxylic acid groups (broad SMARTS) is 1. The lowest BCUT2D eigenvalue weighted by Gasteiger charge is -2.32. The predicted octanol–water partition coefficient (Wildman–Crippen LogP) is 2.33. The second-order valence-corrected chi connectivity index (χ2v) is 8.71. The largest absolute Gasteiger partial charge is 0.490 e. The number of carbonyl (C=O) groups excluding carboxylic acids is 1. The molecule has 0 saturated carbocycles. The maximum Gasteiger partial charge on any atom is 0.490 e. The number of benzene rings is 1. The average Bonchev–Trinajstić information content (AvgIpc) is 3.24. The van der Waals surface area contributed by atoms with Crippen LogP contribution in [0.2, 0.25) is 0 Å². The fraction of sp³-hybridized carbons (Fsp3) is 0.636. The van der Waals surface area contributed by atoms with Crippen molar-refractivity contribution < 1.29 is 37.3 Å². The zero-order chi connectivity index (χ0) is 23.4. The van der Waals surface area contributed by atoms with E-state index in [1.807, 2.05) is 4.90 Å². The van der Waals surface area contributed by atoms with Crippen molar-refractivity contribution in [1.82, 2.24) is 9.80 Å². The molecule has 3 saturated heterocycles. The van der Waals surface area contributed by atoms with Gasteiger partial charge in [0.05, 0.1) is 26.4 Å². The number of carboxylic acids is 1. The van der Waals surface area contributed by atoms with E-state index in [1.165, 1.54) is 11.1 Å². The minimum Gasteiger partial charge on any atom is -0.475 e. The summed E-state index contributed by atoms with van der Waals surface area (Å²) >= 11 is 0. The van der Waals surface area contributed by atoms with Crippen LogP contribution in [0.15, 0.2) is 24.3 Å². The molecular formula is C22H29F3N2O5. The number of fused-ring (bicyclic) bond motifs is 1. The highest BCUT2D eigenvalue weighted by atomic mass is 19.4. The third-order valence-corrected chi connectivity index (χ3v) is 6.19. The van der Waals surface area contributed by atoms with Gasteiger partial charge in [0, 0.05) is 50.5 Å². The van der Waals surface area contributed by atoms with Gasteiger partial charge in [-0.05, 0) is 12.5 Å². The number of likely N-dealkylation sites (tertiary alicyclic amines) is 1. The highest BCUT2D eigenvalue weighted by molar-refractivity contribution is 5.77. The Morgan fingerprint density at radius 1 is 1.22 bits per heavy atom. The lowest BCUT2D eigenvalue weighted by Crippen LogP contribution is -2.44. The molecule has 3 aliphatic rings. The van der Waals surface area contributed by atoms with Gasteiger partial charge < -0.3 is 19.5 Å². The summed E-state index contributed by atoms with van der Waals surface area (Å²) in [6.07, 6.45) is -4.47. The molecule has 3 fully saturated rings. The van der Waals surface area contributed by atoms with E-state index >= 15 is 0 Å². The number of aliphatic carboxylic acids is 1. The minimum atomic E-state index is -5.08. The number of nitrogens with zero attached hydrogens (tertiary/aromatic N) is 2. The van der Waals surface area contributed by atoms with E-state index in [2.05, 4.69) is 36.1 Å². The number of rotatable bonds is 4. The lowest BCUT2D eigenvalue weighted by molar-refractivity contribution is -0.192. The van der Waals surface area contributed by atoms with Crippen molar-refractivity contribution in [3.8, 4) is 0 Å². The van der Waals surface area contributed by atoms with Gasteiger partial charge in [-0.25, -0.2) is 4.79 Å². The van der Waals surface area contributed by atoms with Gasteiger partial charge in [0.1, 0.15) is 0 Å². The summed E-state index contributed by atoms with van der Waals surface area (Å²) in [6, 6.07) is 8.72. The molecule has 10 heteroatoms. The number of hydrogen-bond donors (Lipinski definition) is 1. The zero-order valence-electron chi connectivity index (χ0n) is 18.1. The molecular weight excluding hydrogens is 429 g/mol. The Kier molecular flexibility index (Phi) is 7.79. The SMILES string of the molecule is Cc1cccc(CN2C[C@@H]3COC[C@]3(CC(=O)N3CCOCC3)C2)c1.O=C(O)C(F)(F)F. The number of aryl methyl sites for hydroxylation is 1. The number of hydrogen-bond acceptors (Lipinski definition) is 5. The van der Waals surface area contributed by atoms with Crippen molar-refractivity contribution >= 4 is 11.9 Å². The summed E-state index contributed by atoms with van der Waals surface area (Å²) in [4.78, 5) is 26.2. The molecule has 0 aromatic heterocycles. The van der Waals surface area contributed by atoms with Gasteiger partial charge in [-0.3, -0.25) is 9.69 Å². The minimum absolute atomic E-state index is 0.000781. The first-order valence-corrected chi connectivity index (χ1v) is 10.6. The molecule has 0 aliphatic carbocycles. The van der Waals surface area contributed by atoms with E-state index in [0.29, 0.717) is 25.6 Å². The molecule has 3 heterocycles. The van der Waals surface area contributed by atoms with Gasteiger partial charge >= 0.3 is 12.1 Å². The topological polar surface area (TPSA) is 79.3 Å². The quantitative estimate of drug-likeness (QED) is 0.746. The number of amides is 1. The van der Waals surface area contributed by atoms with Gasteiger partial charge in [0.15, 0.2) is 0 Å². The Bertz CT molecular complexity index is 813. The Labute approximate surface area is 185 Å². The summed E-state index contributed by atoms with van der Waals surface area (Å²) in [5, 5.41) is 7.12. The lowest BCUT2D eigenvalue weighted by atomic mass is 9.77. The Hall–Kier alpha value is -2.17. The van der Waals surface area contributed by atoms with Crippen molar-refractivity contribution in [3.63, 3.8) is 0 Å². The van der Waals surface area contributed by atoms with E-state index in [0.717, 1.165) is 45.9 Å². The van der Waals surface area contributed by atoms with Crippen LogP contribution in [0.5, 0.6) is 0 Å². The first kappa shape index (κ1) is 24.5. The molecule has 32 heavy (non-hydrogen) atoms. The molecule has 4 rings (SSSR count). The van der Waals surface area contributed by atoms with Gasteiger partial charge in [-0.15, -0.1) is 0 Å². The van der Waals surface area contributed by atoms with Crippen molar-refractivity contribution in [2.45, 2.75) is 26.1 Å². The van der Waals surface area contributed by atoms with Crippen LogP contribution < -0.4 is 0 Å². The Balaban J connectivity index is 0.000000360. The molecule has 178 valence electrons. The molecule has 2 atom stereocenters. The van der Waals surface area contributed by atoms with E-state index in [4.69, 9.17) is 19.4 Å². The molecule has 0 radical (unpaired) electrons. The molecule has 1 N–H and O–H groups in total. The number of alkyl halides is 3. The third-order valence-electron chi connectivity index (χ3n) is 6.19. The number of halogens is 3. The molecule has 7 nitrogen and oxygen atoms in total. The summed E-state index contributed by atoms with van der Waals surface area (Å²) in [7, 11) is 0. The number of morpholine rings is 1. The second-order valence-electron chi connectivity index (χ2n) is 8.71. The first-order valence-electron chi connectivity index (χ1n) is 10.6. The highest BCUT2D eigenvalue weighted by Gasteiger charge is 2.51. The van der Waals surface area contributed by atoms with Crippen LogP contribution in [0.4, 0.5) is 13.2 Å². The van der Waals surface area contributed by atoms with Crippen LogP contribution in [0.1, 0.15) is 17.5 Å². The monoisotopic (exact) mass is 458 g/mol. The van der Waals surface area contributed by atoms with Crippen molar-refractivity contribution in [1.29, 1.82) is 0 Å². The second kappa shape index (κ2) is 10.2. The van der Waals surface area contributed by atoms with Gasteiger partial charge in [-0.1, -0.05) is 29.8 Å². The van der Waals surface area contributed by atoms with E-state index < -0.39 is 12.1 Å². The Morgan fingerprint density at radius 3 is 2.53 bits per heavy atom. The average molecular weight is 458 g/mol. The molecule has 1 amide bonds. The summed E-state index contributed by atoms with van der Waals surface area (Å²) in [5.41, 5.74) is 2.66. The summed E-state index contributed by atoms with van der Waals surface area (Å²) in [6.45, 7) is 9.40. The van der Waals surface area contributed by atoms with Crippen molar-refractivity contribution in [3.05, 3.63) is 35.4 Å². The third kappa shape index (κ3) is 6.20. The zero-order valence-corrected chi connectivity index (χ0v) is 18.1. The first-order chi connectivity index (χ1) is 15.1. The maximum absolute atomic E-state index is 12.8. The van der Waals surface area contributed by atoms with Gasteiger partial charge in [0.25, 0.3) is 0 Å². The van der Waals surface area contributed by atoms with Crippen LogP contribution >= 0.6 is 0 Å². The number of ether oxygens (including phenoxy) is 2. The molecule has 1 aromatic rings. The molecule has 3 aliphatic heterocycles. The van der Waals surface area contributed by atoms with Crippen LogP contribution in [-0.2, 0) is 25.6 Å². The van der Waals surface area contributed by atoms with Crippen LogP contribution in [0, 0.1) is 18.3 Å². The summed E-state index contributed by atoms with van der Waals surface area (Å²) in [5.74, 6) is -2.01. The summed E-state index contributed by atoms with van der Waals surface area (Å²) < 4.78 is 42.9. The normalized spacial score (nSPS) is 25.8.